The van der Waals surface area contributed by atoms with Gasteiger partial charge in [0.25, 0.3) is 0 Å². The lowest BCUT2D eigenvalue weighted by Gasteiger charge is -2.21. The molecule has 0 amide bonds. The normalized spacial score (nSPS) is 14.4. The number of rotatable bonds is 82. The zero-order valence-corrected chi connectivity index (χ0v) is 71.4. The van der Waals surface area contributed by atoms with E-state index in [-0.39, 0.29) is 25.7 Å². The highest BCUT2D eigenvalue weighted by Crippen LogP contribution is 2.45. The number of phosphoric ester groups is 2. The van der Waals surface area contributed by atoms with Gasteiger partial charge in [0.1, 0.15) is 19.3 Å². The first kappa shape index (κ1) is 105. The van der Waals surface area contributed by atoms with E-state index in [1.165, 1.54) is 83.5 Å². The van der Waals surface area contributed by atoms with Gasteiger partial charge in [0.2, 0.25) is 0 Å². The maximum Gasteiger partial charge on any atom is 0.472 e. The molecule has 0 saturated carbocycles. The third-order valence-electron chi connectivity index (χ3n) is 18.4. The summed E-state index contributed by atoms with van der Waals surface area (Å²) < 4.78 is 68.9. The third-order valence-corrected chi connectivity index (χ3v) is 20.3. The second-order valence-electron chi connectivity index (χ2n) is 29.1. The van der Waals surface area contributed by atoms with Crippen molar-refractivity contribution in [1.29, 1.82) is 0 Å². The van der Waals surface area contributed by atoms with Crippen LogP contribution < -0.4 is 0 Å². The molecule has 0 spiro atoms. The predicted octanol–water partition coefficient (Wildman–Crippen LogP) is 26.2. The Balaban J connectivity index is 5.40. The van der Waals surface area contributed by atoms with Crippen LogP contribution in [0.15, 0.2) is 122 Å². The van der Waals surface area contributed by atoms with Crippen LogP contribution in [0.4, 0.5) is 0 Å². The van der Waals surface area contributed by atoms with Crippen molar-refractivity contribution in [2.24, 2.45) is 0 Å². The summed E-state index contributed by atoms with van der Waals surface area (Å²) in [5.41, 5.74) is 0. The van der Waals surface area contributed by atoms with E-state index in [9.17, 15) is 43.2 Å². The average Bonchev–Trinajstić information content (AvgIpc) is 0.900. The molecule has 0 bridgehead atoms. The van der Waals surface area contributed by atoms with Gasteiger partial charge in [-0.3, -0.25) is 37.3 Å². The third kappa shape index (κ3) is 81.5. The van der Waals surface area contributed by atoms with E-state index in [2.05, 4.69) is 149 Å². The number of aliphatic hydroxyl groups is 1. The number of hydrogen-bond acceptors (Lipinski definition) is 15. The molecule has 634 valence electrons. The van der Waals surface area contributed by atoms with E-state index in [1.807, 2.05) is 0 Å². The zero-order chi connectivity index (χ0) is 80.3. The minimum Gasteiger partial charge on any atom is -0.462 e. The van der Waals surface area contributed by atoms with Crippen molar-refractivity contribution >= 4 is 39.5 Å². The van der Waals surface area contributed by atoms with Crippen molar-refractivity contribution in [3.8, 4) is 0 Å². The quantitative estimate of drug-likeness (QED) is 0.0169. The van der Waals surface area contributed by atoms with Gasteiger partial charge >= 0.3 is 39.5 Å². The van der Waals surface area contributed by atoms with Crippen molar-refractivity contribution in [3.05, 3.63) is 122 Å². The number of phosphoric acid groups is 2. The number of allylic oxidation sites excluding steroid dienone is 20. The topological polar surface area (TPSA) is 237 Å². The van der Waals surface area contributed by atoms with Crippen LogP contribution in [-0.2, 0) is 65.4 Å². The molecule has 0 aliphatic carbocycles. The maximum absolute atomic E-state index is 13.2. The van der Waals surface area contributed by atoms with E-state index >= 15 is 0 Å². The fourth-order valence-electron chi connectivity index (χ4n) is 11.8. The fraction of sp³-hybridized carbons (Fsp3) is 0.736. The Bertz CT molecular complexity index is 2550. The predicted molar refractivity (Wildman–Crippen MR) is 455 cm³/mol. The molecule has 19 heteroatoms. The first-order chi connectivity index (χ1) is 53.7. The van der Waals surface area contributed by atoms with Crippen molar-refractivity contribution in [2.45, 2.75) is 393 Å². The molecule has 0 radical (unpaired) electrons. The van der Waals surface area contributed by atoms with Crippen LogP contribution in [0.3, 0.4) is 0 Å². The minimum atomic E-state index is -4.99. The fourth-order valence-corrected chi connectivity index (χ4v) is 13.4. The van der Waals surface area contributed by atoms with E-state index in [4.69, 9.17) is 37.0 Å². The standard InChI is InChI=1S/C91H158O17P2/c1-5-9-13-17-21-25-29-33-37-40-42-45-49-52-56-60-64-68-72-76-89(94)102-82-87(108-91(96)78-74-70-66-62-58-54-50-46-43-41-38-34-30-26-22-18-14-10-6-2)84-106-110(99,100)104-80-85(92)79-103-109(97,98)105-83-86(107-90(95)77-73-69-65-61-57-53-47-36-32-28-24-20-16-12-8-4)81-101-88(93)75-71-67-63-59-55-51-48-44-39-35-31-27-23-19-15-11-7-3/h9,11,13,15,21-23,25-27,33-35,37-39,42-43,45-46,85-87,92H,5-8,10,12,14,16-20,24,28-32,36,40-41,44,47-84H2,1-4H3,(H,97,98)(H,99,100)/b13-9-,15-11-,25-21-,26-22-,27-23-,37-33-,38-34-,39-35-,45-42-,46-43-. The highest BCUT2D eigenvalue weighted by molar-refractivity contribution is 7.47. The van der Waals surface area contributed by atoms with Gasteiger partial charge in [-0.15, -0.1) is 0 Å². The smallest absolute Gasteiger partial charge is 0.462 e. The number of hydrogen-bond donors (Lipinski definition) is 3. The summed E-state index contributed by atoms with van der Waals surface area (Å²) in [5.74, 6) is -2.19. The number of unbranched alkanes of at least 4 members (excludes halogenated alkanes) is 36. The van der Waals surface area contributed by atoms with E-state index in [0.29, 0.717) is 25.7 Å². The van der Waals surface area contributed by atoms with Crippen LogP contribution in [0.1, 0.15) is 374 Å². The molecule has 0 rings (SSSR count). The Kier molecular flexibility index (Phi) is 79.0. The number of esters is 4. The van der Waals surface area contributed by atoms with E-state index in [1.54, 1.807) is 0 Å². The van der Waals surface area contributed by atoms with Gasteiger partial charge in [-0.2, -0.15) is 0 Å². The van der Waals surface area contributed by atoms with Crippen LogP contribution in [0.5, 0.6) is 0 Å². The molecule has 0 aromatic heterocycles. The lowest BCUT2D eigenvalue weighted by Crippen LogP contribution is -2.30. The van der Waals surface area contributed by atoms with Crippen LogP contribution in [0.2, 0.25) is 0 Å². The molecule has 0 aromatic rings. The molecule has 5 unspecified atom stereocenters. The summed E-state index contributed by atoms with van der Waals surface area (Å²) in [7, 11) is -9.98. The maximum atomic E-state index is 13.2. The molecule has 0 heterocycles. The molecule has 3 N–H and O–H groups in total. The second kappa shape index (κ2) is 82.4. The van der Waals surface area contributed by atoms with Gasteiger partial charge in [0, 0.05) is 25.7 Å². The Morgan fingerprint density at radius 3 is 0.745 bits per heavy atom. The molecule has 5 atom stereocenters. The van der Waals surface area contributed by atoms with Crippen molar-refractivity contribution in [2.75, 3.05) is 39.6 Å². The summed E-state index contributed by atoms with van der Waals surface area (Å²) in [6.07, 6.45) is 92.9. The molecular weight excluding hydrogens is 1430 g/mol. The molecule has 0 aromatic carbocycles. The molecule has 0 aliphatic rings. The van der Waals surface area contributed by atoms with Gasteiger partial charge in [0.05, 0.1) is 26.4 Å². The second-order valence-corrected chi connectivity index (χ2v) is 32.0. The highest BCUT2D eigenvalue weighted by Gasteiger charge is 2.30. The van der Waals surface area contributed by atoms with E-state index < -0.39 is 97.5 Å². The van der Waals surface area contributed by atoms with Crippen LogP contribution >= 0.6 is 15.6 Å². The largest absolute Gasteiger partial charge is 0.472 e. The highest BCUT2D eigenvalue weighted by atomic mass is 31.2. The minimum absolute atomic E-state index is 0.0757. The zero-order valence-electron chi connectivity index (χ0n) is 69.7. The summed E-state index contributed by atoms with van der Waals surface area (Å²) >= 11 is 0. The number of ether oxygens (including phenoxy) is 4. The van der Waals surface area contributed by atoms with E-state index in [0.717, 1.165) is 212 Å². The summed E-state index contributed by atoms with van der Waals surface area (Å²) in [5, 5.41) is 10.7. The van der Waals surface area contributed by atoms with Gasteiger partial charge in [-0.1, -0.05) is 335 Å². The first-order valence-corrected chi connectivity index (χ1v) is 46.8. The van der Waals surface area contributed by atoms with Crippen molar-refractivity contribution in [3.63, 3.8) is 0 Å². The first-order valence-electron chi connectivity index (χ1n) is 43.8. The lowest BCUT2D eigenvalue weighted by molar-refractivity contribution is -0.161. The van der Waals surface area contributed by atoms with Crippen LogP contribution in [-0.4, -0.2) is 96.7 Å². The molecule has 17 nitrogen and oxygen atoms in total. The number of carbonyl (C=O) groups excluding carboxylic acids is 4. The monoisotopic (exact) mass is 1590 g/mol. The van der Waals surface area contributed by atoms with Gasteiger partial charge in [-0.25, -0.2) is 9.13 Å². The lowest BCUT2D eigenvalue weighted by atomic mass is 10.0. The Hall–Kier alpha value is -4.54. The van der Waals surface area contributed by atoms with Crippen molar-refractivity contribution in [1.82, 2.24) is 0 Å². The van der Waals surface area contributed by atoms with Gasteiger partial charge in [0.15, 0.2) is 12.2 Å². The molecule has 0 fully saturated rings. The number of carbonyl (C=O) groups is 4. The van der Waals surface area contributed by atoms with Gasteiger partial charge < -0.3 is 33.8 Å². The summed E-state index contributed by atoms with van der Waals surface area (Å²) in [4.78, 5) is 73.3. The molecule has 0 aliphatic heterocycles. The average molecular weight is 1590 g/mol. The Morgan fingerprint density at radius 2 is 0.473 bits per heavy atom. The number of aliphatic hydroxyl groups excluding tert-OH is 1. The van der Waals surface area contributed by atoms with Gasteiger partial charge in [-0.05, 0) is 135 Å². The van der Waals surface area contributed by atoms with Crippen molar-refractivity contribution < 1.29 is 80.2 Å². The molecular formula is C91H158O17P2. The SMILES string of the molecule is CC/C=C\C/C=C\C/C=C\C/C=C\CCCCCCCCC(=O)OCC(COP(=O)(O)OCC(O)COP(=O)(O)OCC(COC(=O)CCCCCCCCC/C=C\C/C=C\C/C=C\CC)OC(=O)CCCCCCCCCCCCCCCCC)OC(=O)CCCCCCCC/C=C\C/C=C\C/C=C\CCCCC. The summed E-state index contributed by atoms with van der Waals surface area (Å²) in [6, 6.07) is 0. The van der Waals surface area contributed by atoms with Crippen LogP contribution in [0.25, 0.3) is 0 Å². The Morgan fingerprint density at radius 1 is 0.264 bits per heavy atom. The molecule has 110 heavy (non-hydrogen) atoms. The van der Waals surface area contributed by atoms with Crippen LogP contribution in [0, 0.1) is 0 Å². The molecule has 0 saturated heterocycles. The summed E-state index contributed by atoms with van der Waals surface area (Å²) in [6.45, 7) is 4.66. The Labute approximate surface area is 670 Å².